The van der Waals surface area contributed by atoms with Gasteiger partial charge in [0.1, 0.15) is 5.39 Å². The second-order valence-corrected chi connectivity index (χ2v) is 9.04. The molecule has 2 aromatic carbocycles. The standard InChI is InChI=1S/C24H21N5O3S/c1-14-5-3-8-18(9-14)29-22-20(12-25-29)23(32)28-19(13-33-24(28)27-22)11-21(31)26-17-7-4-6-16(10-17)15(2)30/h3-10,12,19H,11,13H2,1-2H3,(H,26,31). The van der Waals surface area contributed by atoms with Crippen LogP contribution in [-0.2, 0) is 4.79 Å². The van der Waals surface area contributed by atoms with Crippen LogP contribution in [0.15, 0.2) is 64.7 Å². The molecule has 166 valence electrons. The van der Waals surface area contributed by atoms with Crippen LogP contribution in [0.2, 0.25) is 0 Å². The third-order valence-corrected chi connectivity index (χ3v) is 6.69. The van der Waals surface area contributed by atoms with Crippen molar-refractivity contribution in [3.8, 4) is 5.69 Å². The predicted molar refractivity (Wildman–Crippen MR) is 127 cm³/mol. The first-order valence-electron chi connectivity index (χ1n) is 10.5. The number of carbonyl (C=O) groups is 2. The number of carbonyl (C=O) groups excluding carboxylic acids is 2. The van der Waals surface area contributed by atoms with Crippen LogP contribution in [0.3, 0.4) is 0 Å². The lowest BCUT2D eigenvalue weighted by atomic mass is 10.1. The maximum atomic E-state index is 13.3. The van der Waals surface area contributed by atoms with Gasteiger partial charge in [0.05, 0.1) is 17.9 Å². The summed E-state index contributed by atoms with van der Waals surface area (Å²) in [6, 6.07) is 14.3. The smallest absolute Gasteiger partial charge is 0.265 e. The number of aromatic nitrogens is 4. The number of nitrogens with zero attached hydrogens (tertiary/aromatic N) is 4. The van der Waals surface area contributed by atoms with Gasteiger partial charge in [0, 0.05) is 23.4 Å². The Morgan fingerprint density at radius 1 is 1.18 bits per heavy atom. The summed E-state index contributed by atoms with van der Waals surface area (Å²) in [4.78, 5) is 42.3. The minimum Gasteiger partial charge on any atom is -0.326 e. The largest absolute Gasteiger partial charge is 0.326 e. The maximum absolute atomic E-state index is 13.3. The average Bonchev–Trinajstić information content (AvgIpc) is 3.39. The number of nitrogens with one attached hydrogen (secondary N) is 1. The summed E-state index contributed by atoms with van der Waals surface area (Å²) in [5.41, 5.74) is 3.32. The number of amides is 1. The number of hydrogen-bond donors (Lipinski definition) is 1. The van der Waals surface area contributed by atoms with Crippen molar-refractivity contribution >= 4 is 40.2 Å². The number of thioether (sulfide) groups is 1. The highest BCUT2D eigenvalue weighted by molar-refractivity contribution is 7.99. The first-order valence-corrected chi connectivity index (χ1v) is 11.5. The van der Waals surface area contributed by atoms with Crippen LogP contribution in [0.4, 0.5) is 5.69 Å². The topological polar surface area (TPSA) is 98.9 Å². The Bertz CT molecular complexity index is 1470. The SMILES string of the molecule is CC(=O)c1cccc(NC(=O)CC2CSc3nc4c(cnn4-c4cccc(C)c4)c(=O)n32)c1. The highest BCUT2D eigenvalue weighted by atomic mass is 32.2. The van der Waals surface area contributed by atoms with Gasteiger partial charge in [-0.15, -0.1) is 0 Å². The van der Waals surface area contributed by atoms with E-state index in [0.717, 1.165) is 11.3 Å². The molecule has 1 atom stereocenters. The fourth-order valence-corrected chi connectivity index (χ4v) is 5.10. The van der Waals surface area contributed by atoms with E-state index in [9.17, 15) is 14.4 Å². The van der Waals surface area contributed by atoms with E-state index in [-0.39, 0.29) is 29.7 Å². The van der Waals surface area contributed by atoms with Crippen LogP contribution >= 0.6 is 11.8 Å². The molecule has 0 radical (unpaired) electrons. The van der Waals surface area contributed by atoms with Gasteiger partial charge in [0.2, 0.25) is 5.91 Å². The first kappa shape index (κ1) is 21.1. The van der Waals surface area contributed by atoms with E-state index in [4.69, 9.17) is 4.98 Å². The summed E-state index contributed by atoms with van der Waals surface area (Å²) in [5, 5.41) is 8.23. The Balaban J connectivity index is 1.42. The van der Waals surface area contributed by atoms with E-state index >= 15 is 0 Å². The third kappa shape index (κ3) is 3.95. The molecule has 4 aromatic rings. The molecule has 0 saturated carbocycles. The van der Waals surface area contributed by atoms with Crippen LogP contribution in [0, 0.1) is 6.92 Å². The normalized spacial score (nSPS) is 14.9. The van der Waals surface area contributed by atoms with Crippen LogP contribution in [0.1, 0.15) is 35.3 Å². The van der Waals surface area contributed by atoms with Crippen LogP contribution < -0.4 is 10.9 Å². The van der Waals surface area contributed by atoms with Crippen molar-refractivity contribution in [1.29, 1.82) is 0 Å². The van der Waals surface area contributed by atoms with Gasteiger partial charge in [-0.3, -0.25) is 19.0 Å². The highest BCUT2D eigenvalue weighted by Crippen LogP contribution is 2.33. The van der Waals surface area contributed by atoms with Gasteiger partial charge in [0.15, 0.2) is 16.6 Å². The zero-order chi connectivity index (χ0) is 23.1. The van der Waals surface area contributed by atoms with Gasteiger partial charge in [-0.05, 0) is 43.7 Å². The molecule has 0 aliphatic carbocycles. The molecule has 1 aliphatic rings. The Labute approximate surface area is 193 Å². The Kier molecular flexibility index (Phi) is 5.33. The van der Waals surface area contributed by atoms with Gasteiger partial charge >= 0.3 is 0 Å². The zero-order valence-electron chi connectivity index (χ0n) is 18.1. The molecule has 1 amide bonds. The van der Waals surface area contributed by atoms with Gasteiger partial charge in [-0.25, -0.2) is 9.67 Å². The van der Waals surface area contributed by atoms with Gasteiger partial charge in [-0.2, -0.15) is 5.10 Å². The molecule has 0 bridgehead atoms. The van der Waals surface area contributed by atoms with E-state index in [1.165, 1.54) is 24.9 Å². The van der Waals surface area contributed by atoms with Crippen LogP contribution in [0.5, 0.6) is 0 Å². The number of fused-ring (bicyclic) bond motifs is 2. The Hall–Kier alpha value is -3.72. The number of hydrogen-bond acceptors (Lipinski definition) is 6. The van der Waals surface area contributed by atoms with Crippen molar-refractivity contribution in [2.24, 2.45) is 0 Å². The van der Waals surface area contributed by atoms with E-state index in [1.807, 2.05) is 31.2 Å². The lowest BCUT2D eigenvalue weighted by Gasteiger charge is -2.14. The summed E-state index contributed by atoms with van der Waals surface area (Å²) < 4.78 is 3.27. The lowest BCUT2D eigenvalue weighted by Crippen LogP contribution is -2.27. The maximum Gasteiger partial charge on any atom is 0.265 e. The van der Waals surface area contributed by atoms with Crippen molar-refractivity contribution in [1.82, 2.24) is 19.3 Å². The van der Waals surface area contributed by atoms with E-state index in [0.29, 0.717) is 33.2 Å². The number of anilines is 1. The predicted octanol–water partition coefficient (Wildman–Crippen LogP) is 3.77. The molecule has 1 aliphatic heterocycles. The monoisotopic (exact) mass is 459 g/mol. The summed E-state index contributed by atoms with van der Waals surface area (Å²) in [6.45, 7) is 3.48. The molecular formula is C24H21N5O3S. The zero-order valence-corrected chi connectivity index (χ0v) is 18.9. The van der Waals surface area contributed by atoms with Gasteiger partial charge in [-0.1, -0.05) is 36.0 Å². The molecule has 0 saturated heterocycles. The summed E-state index contributed by atoms with van der Waals surface area (Å²) >= 11 is 1.46. The molecule has 3 heterocycles. The fraction of sp³-hybridized carbons (Fsp3) is 0.208. The molecule has 8 nitrogen and oxygen atoms in total. The van der Waals surface area contributed by atoms with Crippen LogP contribution in [-0.4, -0.2) is 36.8 Å². The van der Waals surface area contributed by atoms with Crippen LogP contribution in [0.25, 0.3) is 16.7 Å². The van der Waals surface area contributed by atoms with E-state index in [1.54, 1.807) is 33.5 Å². The Morgan fingerprint density at radius 2 is 2.00 bits per heavy atom. The number of Topliss-reactive ketones (excluding diaryl/α,β-unsaturated/α-hetero) is 1. The number of ketones is 1. The second kappa shape index (κ2) is 8.32. The quantitative estimate of drug-likeness (QED) is 0.360. The second-order valence-electron chi connectivity index (χ2n) is 8.06. The van der Waals surface area contributed by atoms with Gasteiger partial charge in [0.25, 0.3) is 5.56 Å². The number of rotatable bonds is 5. The minimum absolute atomic E-state index is 0.0694. The molecule has 2 aromatic heterocycles. The molecule has 1 N–H and O–H groups in total. The molecule has 0 spiro atoms. The fourth-order valence-electron chi connectivity index (χ4n) is 3.97. The third-order valence-electron chi connectivity index (χ3n) is 5.59. The highest BCUT2D eigenvalue weighted by Gasteiger charge is 2.29. The van der Waals surface area contributed by atoms with Gasteiger partial charge < -0.3 is 5.32 Å². The molecule has 33 heavy (non-hydrogen) atoms. The summed E-state index contributed by atoms with van der Waals surface area (Å²) in [6.07, 6.45) is 1.66. The average molecular weight is 460 g/mol. The van der Waals surface area contributed by atoms with Crippen molar-refractivity contribution in [3.05, 3.63) is 76.2 Å². The Morgan fingerprint density at radius 3 is 2.79 bits per heavy atom. The summed E-state index contributed by atoms with van der Waals surface area (Å²) in [7, 11) is 0. The lowest BCUT2D eigenvalue weighted by molar-refractivity contribution is -0.116. The first-order chi connectivity index (χ1) is 15.9. The molecule has 9 heteroatoms. The van der Waals surface area contributed by atoms with E-state index in [2.05, 4.69) is 10.4 Å². The van der Waals surface area contributed by atoms with Crippen molar-refractivity contribution in [2.45, 2.75) is 31.5 Å². The summed E-state index contributed by atoms with van der Waals surface area (Å²) in [5.74, 6) is 0.282. The molecular weight excluding hydrogens is 438 g/mol. The number of aryl methyl sites for hydroxylation is 1. The molecule has 0 fully saturated rings. The van der Waals surface area contributed by atoms with Crippen molar-refractivity contribution in [2.75, 3.05) is 11.1 Å². The molecule has 1 unspecified atom stereocenters. The van der Waals surface area contributed by atoms with Crippen molar-refractivity contribution in [3.63, 3.8) is 0 Å². The van der Waals surface area contributed by atoms with Crippen molar-refractivity contribution < 1.29 is 9.59 Å². The number of benzene rings is 2. The minimum atomic E-state index is -0.312. The van der Waals surface area contributed by atoms with E-state index < -0.39 is 0 Å². The molecule has 5 rings (SSSR count).